The van der Waals surface area contributed by atoms with Gasteiger partial charge in [0.05, 0.1) is 11.5 Å². The molecule has 1 aliphatic carbocycles. The van der Waals surface area contributed by atoms with Crippen molar-refractivity contribution in [3.8, 4) is 16.9 Å². The Balaban J connectivity index is 1.75. The molecule has 1 atom stereocenters. The fraction of sp³-hybridized carbons (Fsp3) is 0.318. The zero-order chi connectivity index (χ0) is 19.4. The van der Waals surface area contributed by atoms with Gasteiger partial charge in [-0.1, -0.05) is 18.2 Å². The van der Waals surface area contributed by atoms with Crippen LogP contribution in [0.2, 0.25) is 0 Å². The van der Waals surface area contributed by atoms with Crippen LogP contribution in [-0.4, -0.2) is 26.7 Å². The van der Waals surface area contributed by atoms with E-state index in [1.807, 2.05) is 53.9 Å². The molecule has 0 spiro atoms. The third kappa shape index (κ3) is 2.88. The number of ether oxygens (including phenoxy) is 1. The van der Waals surface area contributed by atoms with E-state index in [0.717, 1.165) is 32.7 Å². The molecule has 6 heteroatoms. The molecule has 5 nitrogen and oxygen atoms in total. The molecule has 1 unspecified atom stereocenters. The van der Waals surface area contributed by atoms with E-state index in [1.54, 1.807) is 11.6 Å². The first-order valence-electron chi connectivity index (χ1n) is 9.54. The second kappa shape index (κ2) is 6.57. The number of pyridine rings is 1. The number of hydrogen-bond acceptors (Lipinski definition) is 3. The molecule has 2 aliphatic rings. The van der Waals surface area contributed by atoms with Gasteiger partial charge in [0, 0.05) is 43.4 Å². The summed E-state index contributed by atoms with van der Waals surface area (Å²) >= 11 is 0. The van der Waals surface area contributed by atoms with E-state index in [0.29, 0.717) is 24.5 Å². The molecular formula is C22H22N2O3S. The van der Waals surface area contributed by atoms with Crippen molar-refractivity contribution in [2.75, 3.05) is 13.7 Å². The highest BCUT2D eigenvalue weighted by molar-refractivity contribution is 7.83. The number of nitrogens with zero attached hydrogens (tertiary/aromatic N) is 2. The summed E-state index contributed by atoms with van der Waals surface area (Å²) in [5.41, 5.74) is 2.85. The van der Waals surface area contributed by atoms with Gasteiger partial charge in [0.15, 0.2) is 0 Å². The lowest BCUT2D eigenvalue weighted by Crippen LogP contribution is -2.16. The maximum absolute atomic E-state index is 12.7. The minimum atomic E-state index is -1.17. The van der Waals surface area contributed by atoms with Crippen LogP contribution in [-0.2, 0) is 24.6 Å². The Morgan fingerprint density at radius 1 is 1.11 bits per heavy atom. The number of aryl methyl sites for hydroxylation is 1. The number of hydrogen-bond donors (Lipinski definition) is 0. The minimum absolute atomic E-state index is 0.0238. The lowest BCUT2D eigenvalue weighted by Gasteiger charge is -2.16. The summed E-state index contributed by atoms with van der Waals surface area (Å²) in [6, 6.07) is 11.7. The van der Waals surface area contributed by atoms with Crippen LogP contribution in [0.4, 0.5) is 0 Å². The Morgan fingerprint density at radius 3 is 2.61 bits per heavy atom. The smallest absolute Gasteiger partial charge is 0.258 e. The summed E-state index contributed by atoms with van der Waals surface area (Å²) in [4.78, 5) is 13.4. The standard InChI is InChI=1S/C22H22N2O3S/c1-23-12-19(16-5-3-4-6-17(16)22(23)25)18-10-21-15(11-24(2)28(21)26)9-20(18)27-13-14-7-8-14/h3-6,9-10,12,14H,7-8,11,13H2,1-2H3. The molecule has 2 heterocycles. The molecule has 5 rings (SSSR count). The summed E-state index contributed by atoms with van der Waals surface area (Å²) in [5.74, 6) is 1.44. The molecule has 0 bridgehead atoms. The topological polar surface area (TPSA) is 51.5 Å². The predicted octanol–water partition coefficient (Wildman–Crippen LogP) is 3.46. The van der Waals surface area contributed by atoms with E-state index >= 15 is 0 Å². The van der Waals surface area contributed by atoms with Gasteiger partial charge in [-0.25, -0.2) is 8.51 Å². The summed E-state index contributed by atoms with van der Waals surface area (Å²) in [6.45, 7) is 1.35. The van der Waals surface area contributed by atoms with Crippen LogP contribution in [0, 0.1) is 5.92 Å². The maximum atomic E-state index is 12.7. The molecule has 1 saturated carbocycles. The van der Waals surface area contributed by atoms with Crippen LogP contribution < -0.4 is 10.3 Å². The monoisotopic (exact) mass is 394 g/mol. The fourth-order valence-electron chi connectivity index (χ4n) is 3.81. The van der Waals surface area contributed by atoms with E-state index in [9.17, 15) is 9.00 Å². The van der Waals surface area contributed by atoms with Gasteiger partial charge in [-0.05, 0) is 47.9 Å². The number of benzene rings is 2. The summed E-state index contributed by atoms with van der Waals surface area (Å²) < 4.78 is 22.4. The average Bonchev–Trinajstić information content (AvgIpc) is 3.49. The van der Waals surface area contributed by atoms with Crippen molar-refractivity contribution in [2.24, 2.45) is 13.0 Å². The van der Waals surface area contributed by atoms with Crippen LogP contribution in [0.25, 0.3) is 21.9 Å². The van der Waals surface area contributed by atoms with Gasteiger partial charge in [0.2, 0.25) is 0 Å². The molecule has 0 radical (unpaired) electrons. The van der Waals surface area contributed by atoms with Gasteiger partial charge in [-0.3, -0.25) is 4.79 Å². The van der Waals surface area contributed by atoms with Crippen molar-refractivity contribution in [2.45, 2.75) is 24.3 Å². The molecule has 1 aliphatic heterocycles. The zero-order valence-corrected chi connectivity index (χ0v) is 16.8. The first-order valence-corrected chi connectivity index (χ1v) is 10.6. The minimum Gasteiger partial charge on any atom is -0.493 e. The van der Waals surface area contributed by atoms with Crippen molar-refractivity contribution in [1.29, 1.82) is 0 Å². The van der Waals surface area contributed by atoms with Gasteiger partial charge < -0.3 is 9.30 Å². The molecule has 0 saturated heterocycles. The first-order chi connectivity index (χ1) is 13.5. The van der Waals surface area contributed by atoms with Crippen molar-refractivity contribution in [1.82, 2.24) is 8.87 Å². The largest absolute Gasteiger partial charge is 0.493 e. The molecule has 1 fully saturated rings. The van der Waals surface area contributed by atoms with Crippen molar-refractivity contribution in [3.05, 3.63) is 58.5 Å². The second-order valence-electron chi connectivity index (χ2n) is 7.75. The van der Waals surface area contributed by atoms with Gasteiger partial charge in [0.25, 0.3) is 5.56 Å². The third-order valence-corrected chi connectivity index (χ3v) is 7.03. The van der Waals surface area contributed by atoms with Crippen molar-refractivity contribution < 1.29 is 8.95 Å². The van der Waals surface area contributed by atoms with E-state index in [-0.39, 0.29) is 5.56 Å². The Kier molecular flexibility index (Phi) is 4.14. The van der Waals surface area contributed by atoms with E-state index < -0.39 is 11.0 Å². The SMILES string of the molecule is CN1Cc2cc(OCC3CC3)c(-c3cn(C)c(=O)c4ccccc34)cc2S1=O. The Labute approximate surface area is 166 Å². The summed E-state index contributed by atoms with van der Waals surface area (Å²) in [7, 11) is 2.46. The number of fused-ring (bicyclic) bond motifs is 2. The van der Waals surface area contributed by atoms with E-state index in [2.05, 4.69) is 0 Å². The number of rotatable bonds is 4. The van der Waals surface area contributed by atoms with Crippen LogP contribution in [0.1, 0.15) is 18.4 Å². The molecule has 3 aromatic rings. The molecule has 2 aromatic carbocycles. The van der Waals surface area contributed by atoms with Crippen LogP contribution >= 0.6 is 0 Å². The molecule has 1 aromatic heterocycles. The highest BCUT2D eigenvalue weighted by atomic mass is 32.2. The molecule has 144 valence electrons. The normalized spacial score (nSPS) is 19.1. The predicted molar refractivity (Wildman–Crippen MR) is 111 cm³/mol. The van der Waals surface area contributed by atoms with Gasteiger partial charge in [0.1, 0.15) is 16.7 Å². The molecule has 0 amide bonds. The van der Waals surface area contributed by atoms with Gasteiger partial charge >= 0.3 is 0 Å². The van der Waals surface area contributed by atoms with Gasteiger partial charge in [-0.2, -0.15) is 0 Å². The number of aromatic nitrogens is 1. The summed E-state index contributed by atoms with van der Waals surface area (Å²) in [6.07, 6.45) is 4.30. The van der Waals surface area contributed by atoms with E-state index in [4.69, 9.17) is 4.74 Å². The molecule has 0 N–H and O–H groups in total. The van der Waals surface area contributed by atoms with Crippen LogP contribution in [0.15, 0.2) is 52.3 Å². The molecular weight excluding hydrogens is 372 g/mol. The summed E-state index contributed by atoms with van der Waals surface area (Å²) in [5, 5.41) is 1.56. The van der Waals surface area contributed by atoms with Gasteiger partial charge in [-0.15, -0.1) is 0 Å². The highest BCUT2D eigenvalue weighted by Crippen LogP contribution is 2.41. The second-order valence-corrected chi connectivity index (χ2v) is 9.31. The average molecular weight is 394 g/mol. The Hall–Kier alpha value is -2.44. The highest BCUT2D eigenvalue weighted by Gasteiger charge is 2.28. The Bertz CT molecular complexity index is 1180. The first kappa shape index (κ1) is 17.6. The Morgan fingerprint density at radius 2 is 1.86 bits per heavy atom. The maximum Gasteiger partial charge on any atom is 0.258 e. The zero-order valence-electron chi connectivity index (χ0n) is 16.0. The van der Waals surface area contributed by atoms with Crippen LogP contribution in [0.5, 0.6) is 5.75 Å². The van der Waals surface area contributed by atoms with Crippen LogP contribution in [0.3, 0.4) is 0 Å². The third-order valence-electron chi connectivity index (χ3n) is 5.58. The lowest BCUT2D eigenvalue weighted by molar-refractivity contribution is 0.300. The molecule has 28 heavy (non-hydrogen) atoms. The quantitative estimate of drug-likeness (QED) is 0.681. The fourth-order valence-corrected chi connectivity index (χ4v) is 4.97. The lowest BCUT2D eigenvalue weighted by atomic mass is 9.98. The van der Waals surface area contributed by atoms with E-state index in [1.165, 1.54) is 12.8 Å². The van der Waals surface area contributed by atoms with Crippen molar-refractivity contribution in [3.63, 3.8) is 0 Å². The van der Waals surface area contributed by atoms with Crippen molar-refractivity contribution >= 4 is 21.8 Å².